The molecule has 1 atom stereocenters. The van der Waals surface area contributed by atoms with E-state index >= 15 is 0 Å². The van der Waals surface area contributed by atoms with Crippen molar-refractivity contribution < 1.29 is 28.6 Å². The van der Waals surface area contributed by atoms with Gasteiger partial charge in [-0.3, -0.25) is 4.90 Å². The second-order valence-electron chi connectivity index (χ2n) is 7.25. The minimum absolute atomic E-state index is 0.0380. The lowest BCUT2D eigenvalue weighted by Gasteiger charge is -2.36. The lowest BCUT2D eigenvalue weighted by molar-refractivity contribution is -0.139. The summed E-state index contributed by atoms with van der Waals surface area (Å²) in [5.41, 5.74) is 7.58. The number of carbonyl (C=O) groups excluding carboxylic acids is 3. The molecule has 0 saturated heterocycles. The van der Waals surface area contributed by atoms with E-state index in [-0.39, 0.29) is 22.7 Å². The van der Waals surface area contributed by atoms with Crippen molar-refractivity contribution in [3.05, 3.63) is 94.5 Å². The third kappa shape index (κ3) is 4.77. The number of nitrogens with two attached hydrogens (primary N) is 1. The molecule has 0 saturated carbocycles. The summed E-state index contributed by atoms with van der Waals surface area (Å²) in [4.78, 5) is 39.2. The summed E-state index contributed by atoms with van der Waals surface area (Å²) in [5.74, 6) is -3.34. The fraction of sp³-hybridized carbons (Fsp3) is 0.154. The van der Waals surface area contributed by atoms with Crippen LogP contribution in [0.15, 0.2) is 83.3 Å². The Morgan fingerprint density at radius 1 is 0.943 bits per heavy atom. The second-order valence-corrected chi connectivity index (χ2v) is 7.25. The van der Waals surface area contributed by atoms with E-state index in [4.69, 9.17) is 15.2 Å². The smallest absolute Gasteiger partial charge is 0.355 e. The number of esters is 3. The number of anilines is 1. The molecule has 0 aliphatic carbocycles. The summed E-state index contributed by atoms with van der Waals surface area (Å²) in [6, 6.07) is 17.5. The monoisotopic (exact) mass is 473 g/mol. The lowest BCUT2D eigenvalue weighted by Crippen LogP contribution is -2.41. The molecule has 178 valence electrons. The average Bonchev–Trinajstić information content (AvgIpc) is 2.90. The van der Waals surface area contributed by atoms with Gasteiger partial charge in [-0.1, -0.05) is 48.5 Å². The quantitative estimate of drug-likeness (QED) is 0.382. The summed E-state index contributed by atoms with van der Waals surface area (Å²) < 4.78 is 14.7. The van der Waals surface area contributed by atoms with Gasteiger partial charge in [-0.2, -0.15) is 5.26 Å². The van der Waals surface area contributed by atoms with E-state index in [1.165, 1.54) is 38.4 Å². The molecule has 0 bridgehead atoms. The molecule has 0 radical (unpaired) electrons. The SMILES string of the molecule is COC(=O)C=Cc1ccccc1N1C(N)=C(C#N)C(c2ccccc2)C(C(=O)OC)=C1C(=O)OC. The lowest BCUT2D eigenvalue weighted by atomic mass is 9.80. The van der Waals surface area contributed by atoms with E-state index in [0.29, 0.717) is 16.8 Å². The van der Waals surface area contributed by atoms with Crippen LogP contribution in [0.25, 0.3) is 6.08 Å². The summed E-state index contributed by atoms with van der Waals surface area (Å²) in [6.07, 6.45) is 2.67. The predicted molar refractivity (Wildman–Crippen MR) is 127 cm³/mol. The molecule has 9 heteroatoms. The van der Waals surface area contributed by atoms with Gasteiger partial charge in [-0.15, -0.1) is 0 Å². The van der Waals surface area contributed by atoms with Crippen molar-refractivity contribution in [3.8, 4) is 6.07 Å². The molecule has 0 fully saturated rings. The largest absolute Gasteiger partial charge is 0.466 e. The highest BCUT2D eigenvalue weighted by molar-refractivity contribution is 6.07. The minimum atomic E-state index is -0.975. The summed E-state index contributed by atoms with van der Waals surface area (Å²) in [6.45, 7) is 0. The maximum Gasteiger partial charge on any atom is 0.355 e. The van der Waals surface area contributed by atoms with Crippen molar-refractivity contribution in [3.63, 3.8) is 0 Å². The van der Waals surface area contributed by atoms with Gasteiger partial charge in [0.1, 0.15) is 11.5 Å². The van der Waals surface area contributed by atoms with E-state index in [0.717, 1.165) is 0 Å². The van der Waals surface area contributed by atoms with Crippen LogP contribution in [0.1, 0.15) is 17.0 Å². The maximum atomic E-state index is 13.1. The van der Waals surface area contributed by atoms with Crippen LogP contribution < -0.4 is 10.6 Å². The van der Waals surface area contributed by atoms with Crippen LogP contribution in [0.3, 0.4) is 0 Å². The van der Waals surface area contributed by atoms with E-state index in [9.17, 15) is 19.6 Å². The zero-order valence-corrected chi connectivity index (χ0v) is 19.3. The van der Waals surface area contributed by atoms with Crippen LogP contribution in [-0.2, 0) is 28.6 Å². The molecule has 2 aromatic rings. The van der Waals surface area contributed by atoms with Gasteiger partial charge in [0.25, 0.3) is 0 Å². The first kappa shape index (κ1) is 24.8. The van der Waals surface area contributed by atoms with Crippen molar-refractivity contribution in [2.24, 2.45) is 5.73 Å². The minimum Gasteiger partial charge on any atom is -0.466 e. The van der Waals surface area contributed by atoms with Crippen LogP contribution in [0.2, 0.25) is 0 Å². The van der Waals surface area contributed by atoms with Crippen LogP contribution in [0, 0.1) is 11.3 Å². The number of rotatable bonds is 6. The molecular formula is C26H23N3O6. The Bertz CT molecular complexity index is 1290. The van der Waals surface area contributed by atoms with Crippen molar-refractivity contribution in [2.45, 2.75) is 5.92 Å². The van der Waals surface area contributed by atoms with Gasteiger partial charge >= 0.3 is 17.9 Å². The van der Waals surface area contributed by atoms with Crippen molar-refractivity contribution in [1.29, 1.82) is 5.26 Å². The van der Waals surface area contributed by atoms with E-state index in [1.807, 2.05) is 0 Å². The average molecular weight is 473 g/mol. The first-order valence-corrected chi connectivity index (χ1v) is 10.4. The molecule has 2 aromatic carbocycles. The van der Waals surface area contributed by atoms with Crippen LogP contribution in [0.4, 0.5) is 5.69 Å². The van der Waals surface area contributed by atoms with Gasteiger partial charge in [0.05, 0.1) is 50.2 Å². The third-order valence-electron chi connectivity index (χ3n) is 5.39. The standard InChI is InChI=1S/C26H23N3O6/c1-33-20(30)14-13-16-9-7-8-12-19(16)29-23(26(32)35-3)22(25(31)34-2)21(18(15-27)24(29)28)17-10-5-4-6-11-17/h4-14,21H,28H2,1-3H3. The number of benzene rings is 2. The Labute approximate surface area is 202 Å². The highest BCUT2D eigenvalue weighted by atomic mass is 16.5. The van der Waals surface area contributed by atoms with Crippen molar-refractivity contribution in [1.82, 2.24) is 0 Å². The van der Waals surface area contributed by atoms with E-state index in [1.54, 1.807) is 54.6 Å². The zero-order valence-electron chi connectivity index (χ0n) is 19.3. The summed E-state index contributed by atoms with van der Waals surface area (Å²) in [5, 5.41) is 10.1. The number of methoxy groups -OCH3 is 3. The third-order valence-corrected chi connectivity index (χ3v) is 5.39. The Morgan fingerprint density at radius 3 is 2.17 bits per heavy atom. The number of hydrogen-bond acceptors (Lipinski definition) is 9. The highest BCUT2D eigenvalue weighted by Crippen LogP contribution is 2.43. The molecule has 35 heavy (non-hydrogen) atoms. The van der Waals surface area contributed by atoms with Gasteiger partial charge in [-0.25, -0.2) is 14.4 Å². The molecular weight excluding hydrogens is 450 g/mol. The Hall–Kier alpha value is -4.84. The fourth-order valence-electron chi connectivity index (χ4n) is 3.82. The number of allylic oxidation sites excluding steroid dienone is 1. The number of para-hydroxylation sites is 1. The topological polar surface area (TPSA) is 132 Å². The summed E-state index contributed by atoms with van der Waals surface area (Å²) in [7, 11) is 3.59. The number of hydrogen-bond donors (Lipinski definition) is 1. The first-order chi connectivity index (χ1) is 16.9. The Kier molecular flexibility index (Phi) is 7.69. The first-order valence-electron chi connectivity index (χ1n) is 10.4. The van der Waals surface area contributed by atoms with Gasteiger partial charge in [0, 0.05) is 6.08 Å². The molecule has 0 amide bonds. The Morgan fingerprint density at radius 2 is 1.57 bits per heavy atom. The second kappa shape index (κ2) is 10.9. The molecule has 1 aliphatic rings. The molecule has 9 nitrogen and oxygen atoms in total. The number of ether oxygens (including phenoxy) is 3. The summed E-state index contributed by atoms with van der Waals surface area (Å²) >= 11 is 0. The van der Waals surface area contributed by atoms with Gasteiger partial charge < -0.3 is 19.9 Å². The molecule has 1 aliphatic heterocycles. The van der Waals surface area contributed by atoms with Gasteiger partial charge in [-0.05, 0) is 23.3 Å². The fourth-order valence-corrected chi connectivity index (χ4v) is 3.82. The molecule has 0 spiro atoms. The molecule has 1 unspecified atom stereocenters. The molecule has 0 aromatic heterocycles. The number of nitrogens with zero attached hydrogens (tertiary/aromatic N) is 2. The van der Waals surface area contributed by atoms with Gasteiger partial charge in [0.2, 0.25) is 0 Å². The normalized spacial score (nSPS) is 15.6. The van der Waals surface area contributed by atoms with Crippen molar-refractivity contribution >= 4 is 29.7 Å². The maximum absolute atomic E-state index is 13.1. The van der Waals surface area contributed by atoms with Crippen LogP contribution >= 0.6 is 0 Å². The van der Waals surface area contributed by atoms with E-state index < -0.39 is 23.8 Å². The number of nitriles is 1. The molecule has 3 rings (SSSR count). The van der Waals surface area contributed by atoms with Gasteiger partial charge in [0.15, 0.2) is 0 Å². The highest BCUT2D eigenvalue weighted by Gasteiger charge is 2.43. The van der Waals surface area contributed by atoms with E-state index in [2.05, 4.69) is 10.8 Å². The predicted octanol–water partition coefficient (Wildman–Crippen LogP) is 2.77. The Balaban J connectivity index is 2.40. The van der Waals surface area contributed by atoms with Crippen LogP contribution in [-0.4, -0.2) is 39.2 Å². The van der Waals surface area contributed by atoms with Crippen molar-refractivity contribution in [2.75, 3.05) is 26.2 Å². The number of carbonyl (C=O) groups is 3. The molecule has 1 heterocycles. The molecule has 2 N–H and O–H groups in total. The van der Waals surface area contributed by atoms with Crippen LogP contribution in [0.5, 0.6) is 0 Å². The zero-order chi connectivity index (χ0) is 25.5.